The highest BCUT2D eigenvalue weighted by Crippen LogP contribution is 2.37. The number of aryl methyl sites for hydroxylation is 1. The molecule has 0 aliphatic carbocycles. The van der Waals surface area contributed by atoms with E-state index in [0.717, 1.165) is 11.8 Å². The van der Waals surface area contributed by atoms with Crippen LogP contribution in [0.1, 0.15) is 12.0 Å². The molecule has 0 heterocycles. The number of hydrogen-bond acceptors (Lipinski definition) is 5. The molecule has 0 radical (unpaired) electrons. The molecule has 0 spiro atoms. The van der Waals surface area contributed by atoms with Gasteiger partial charge in [-0.2, -0.15) is 0 Å². The molecular formula is C12H18O5S. The maximum Gasteiger partial charge on any atom is 0.179 e. The third kappa shape index (κ3) is 3.14. The van der Waals surface area contributed by atoms with E-state index in [1.165, 1.54) is 20.3 Å². The van der Waals surface area contributed by atoms with Crippen molar-refractivity contribution in [3.63, 3.8) is 0 Å². The Hall–Kier alpha value is -1.27. The van der Waals surface area contributed by atoms with Crippen molar-refractivity contribution in [3.05, 3.63) is 17.7 Å². The van der Waals surface area contributed by atoms with Crippen LogP contribution in [0.15, 0.2) is 17.0 Å². The van der Waals surface area contributed by atoms with Gasteiger partial charge in [-0.15, -0.1) is 0 Å². The van der Waals surface area contributed by atoms with Gasteiger partial charge in [-0.25, -0.2) is 8.42 Å². The maximum absolute atomic E-state index is 11.6. The van der Waals surface area contributed by atoms with Crippen molar-refractivity contribution in [2.45, 2.75) is 17.7 Å². The highest BCUT2D eigenvalue weighted by Gasteiger charge is 2.20. The monoisotopic (exact) mass is 274 g/mol. The van der Waals surface area contributed by atoms with Crippen molar-refractivity contribution in [2.75, 3.05) is 27.1 Å². The van der Waals surface area contributed by atoms with Crippen molar-refractivity contribution < 1.29 is 23.0 Å². The molecule has 0 saturated carbocycles. The lowest BCUT2D eigenvalue weighted by Crippen LogP contribution is -2.05. The fourth-order valence-corrected chi connectivity index (χ4v) is 2.59. The minimum absolute atomic E-state index is 0.0687. The smallest absolute Gasteiger partial charge is 0.179 e. The summed E-state index contributed by atoms with van der Waals surface area (Å²) in [4.78, 5) is 0.106. The second-order valence-corrected chi connectivity index (χ2v) is 5.87. The Morgan fingerprint density at radius 1 is 1.17 bits per heavy atom. The van der Waals surface area contributed by atoms with Crippen LogP contribution in [0.4, 0.5) is 0 Å². The van der Waals surface area contributed by atoms with E-state index in [2.05, 4.69) is 0 Å². The predicted molar refractivity (Wildman–Crippen MR) is 68.1 cm³/mol. The van der Waals surface area contributed by atoms with Gasteiger partial charge in [-0.1, -0.05) is 6.07 Å². The SMILES string of the molecule is COc1c(CCCO)ccc(S(C)(=O)=O)c1OC. The Morgan fingerprint density at radius 2 is 1.78 bits per heavy atom. The van der Waals surface area contributed by atoms with Crippen LogP contribution < -0.4 is 9.47 Å². The summed E-state index contributed by atoms with van der Waals surface area (Å²) >= 11 is 0. The number of aliphatic hydroxyl groups excluding tert-OH is 1. The lowest BCUT2D eigenvalue weighted by Gasteiger charge is -2.15. The lowest BCUT2D eigenvalue weighted by atomic mass is 10.1. The molecule has 0 amide bonds. The number of rotatable bonds is 6. The van der Waals surface area contributed by atoms with Gasteiger partial charge in [0.2, 0.25) is 0 Å². The summed E-state index contributed by atoms with van der Waals surface area (Å²) < 4.78 is 33.6. The molecule has 0 fully saturated rings. The van der Waals surface area contributed by atoms with E-state index >= 15 is 0 Å². The quantitative estimate of drug-likeness (QED) is 0.839. The molecule has 1 aromatic rings. The summed E-state index contributed by atoms with van der Waals surface area (Å²) in [5, 5.41) is 8.83. The number of hydrogen-bond donors (Lipinski definition) is 1. The van der Waals surface area contributed by atoms with Crippen molar-refractivity contribution in [3.8, 4) is 11.5 Å². The average Bonchev–Trinajstić information content (AvgIpc) is 2.33. The summed E-state index contributed by atoms with van der Waals surface area (Å²) in [7, 11) is -0.500. The summed E-state index contributed by atoms with van der Waals surface area (Å²) in [5.41, 5.74) is 0.816. The van der Waals surface area contributed by atoms with Gasteiger partial charge in [0.1, 0.15) is 4.90 Å². The van der Waals surface area contributed by atoms with E-state index in [1.54, 1.807) is 6.07 Å². The molecule has 0 aromatic heterocycles. The van der Waals surface area contributed by atoms with Crippen LogP contribution in [0.25, 0.3) is 0 Å². The first-order valence-electron chi connectivity index (χ1n) is 5.50. The van der Waals surface area contributed by atoms with Crippen LogP contribution in [0.5, 0.6) is 11.5 Å². The molecule has 1 rings (SSSR count). The second-order valence-electron chi connectivity index (χ2n) is 3.89. The van der Waals surface area contributed by atoms with Crippen LogP contribution in [0.2, 0.25) is 0 Å². The molecule has 1 aromatic carbocycles. The summed E-state index contributed by atoms with van der Waals surface area (Å²) in [6.45, 7) is 0.0687. The number of aliphatic hydroxyl groups is 1. The molecule has 6 heteroatoms. The molecule has 0 aliphatic heterocycles. The zero-order valence-electron chi connectivity index (χ0n) is 10.8. The van der Waals surface area contributed by atoms with E-state index in [9.17, 15) is 8.42 Å². The molecule has 5 nitrogen and oxygen atoms in total. The van der Waals surface area contributed by atoms with Gasteiger partial charge in [-0.3, -0.25) is 0 Å². The first-order chi connectivity index (χ1) is 8.45. The van der Waals surface area contributed by atoms with Gasteiger partial charge in [0, 0.05) is 12.9 Å². The largest absolute Gasteiger partial charge is 0.493 e. The molecule has 18 heavy (non-hydrogen) atoms. The highest BCUT2D eigenvalue weighted by molar-refractivity contribution is 7.90. The first-order valence-corrected chi connectivity index (χ1v) is 7.39. The van der Waals surface area contributed by atoms with Gasteiger partial charge >= 0.3 is 0 Å². The van der Waals surface area contributed by atoms with Crippen molar-refractivity contribution in [1.29, 1.82) is 0 Å². The normalized spacial score (nSPS) is 11.3. The van der Waals surface area contributed by atoms with Gasteiger partial charge in [0.15, 0.2) is 21.3 Å². The van der Waals surface area contributed by atoms with Crippen LogP contribution in [-0.2, 0) is 16.3 Å². The molecular weight excluding hydrogens is 256 g/mol. The maximum atomic E-state index is 11.6. The third-order valence-electron chi connectivity index (χ3n) is 2.57. The second kappa shape index (κ2) is 6.06. The summed E-state index contributed by atoms with van der Waals surface area (Å²) in [6, 6.07) is 3.19. The summed E-state index contributed by atoms with van der Waals surface area (Å²) in [5.74, 6) is 0.629. The van der Waals surface area contributed by atoms with E-state index in [4.69, 9.17) is 14.6 Å². The predicted octanol–water partition coefficient (Wildman–Crippen LogP) is 1.03. The molecule has 1 N–H and O–H groups in total. The summed E-state index contributed by atoms with van der Waals surface area (Å²) in [6.07, 6.45) is 2.30. The highest BCUT2D eigenvalue weighted by atomic mass is 32.2. The minimum Gasteiger partial charge on any atom is -0.493 e. The van der Waals surface area contributed by atoms with Gasteiger partial charge < -0.3 is 14.6 Å². The zero-order chi connectivity index (χ0) is 13.8. The van der Waals surface area contributed by atoms with Crippen molar-refractivity contribution >= 4 is 9.84 Å². The fourth-order valence-electron chi connectivity index (χ4n) is 1.76. The van der Waals surface area contributed by atoms with E-state index in [-0.39, 0.29) is 17.3 Å². The molecule has 0 unspecified atom stereocenters. The Morgan fingerprint density at radius 3 is 2.22 bits per heavy atom. The van der Waals surface area contributed by atoms with E-state index in [0.29, 0.717) is 18.6 Å². The average molecular weight is 274 g/mol. The molecule has 102 valence electrons. The van der Waals surface area contributed by atoms with Gasteiger partial charge in [0.25, 0.3) is 0 Å². The minimum atomic E-state index is -3.37. The molecule has 0 bridgehead atoms. The number of methoxy groups -OCH3 is 2. The lowest BCUT2D eigenvalue weighted by molar-refractivity contribution is 0.287. The van der Waals surface area contributed by atoms with Crippen LogP contribution in [0, 0.1) is 0 Å². The Kier molecular flexibility index (Phi) is 4.98. The number of sulfone groups is 1. The fraction of sp³-hybridized carbons (Fsp3) is 0.500. The zero-order valence-corrected chi connectivity index (χ0v) is 11.6. The van der Waals surface area contributed by atoms with Crippen LogP contribution in [-0.4, -0.2) is 40.6 Å². The van der Waals surface area contributed by atoms with Gasteiger partial charge in [-0.05, 0) is 24.5 Å². The first kappa shape index (κ1) is 14.8. The Balaban J connectivity index is 3.36. The van der Waals surface area contributed by atoms with Crippen molar-refractivity contribution in [1.82, 2.24) is 0 Å². The van der Waals surface area contributed by atoms with Crippen LogP contribution >= 0.6 is 0 Å². The number of ether oxygens (including phenoxy) is 2. The molecule has 0 atom stereocenters. The number of benzene rings is 1. The molecule has 0 aliphatic rings. The van der Waals surface area contributed by atoms with Gasteiger partial charge in [0.05, 0.1) is 14.2 Å². The van der Waals surface area contributed by atoms with Crippen LogP contribution in [0.3, 0.4) is 0 Å². The third-order valence-corrected chi connectivity index (χ3v) is 3.69. The standard InChI is InChI=1S/C12H18O5S/c1-16-11-9(5-4-8-13)6-7-10(12(11)17-2)18(3,14)15/h6-7,13H,4-5,8H2,1-3H3. The van der Waals surface area contributed by atoms with E-state index < -0.39 is 9.84 Å². The Labute approximate surface area is 107 Å². The van der Waals surface area contributed by atoms with E-state index in [1.807, 2.05) is 0 Å². The Bertz CT molecular complexity index is 507. The van der Waals surface area contributed by atoms with Crippen molar-refractivity contribution in [2.24, 2.45) is 0 Å². The molecule has 0 saturated heterocycles. The topological polar surface area (TPSA) is 72.8 Å².